The standard InChI is InChI=1S/C16H22ClNO3/c1-20-13-5-6-14(15(10-13)21-2)16(19)18-9-3-4-12(11-18)7-8-17/h5-6,10,12H,3-4,7-9,11H2,1-2H3. The lowest BCUT2D eigenvalue weighted by molar-refractivity contribution is 0.0668. The van der Waals surface area contributed by atoms with Gasteiger partial charge in [-0.25, -0.2) is 0 Å². The van der Waals surface area contributed by atoms with Crippen molar-refractivity contribution < 1.29 is 14.3 Å². The highest BCUT2D eigenvalue weighted by molar-refractivity contribution is 6.17. The predicted octanol–water partition coefficient (Wildman–Crippen LogP) is 3.18. The van der Waals surface area contributed by atoms with Crippen molar-refractivity contribution in [3.63, 3.8) is 0 Å². The van der Waals surface area contributed by atoms with Crippen molar-refractivity contribution in [1.82, 2.24) is 4.90 Å². The lowest BCUT2D eigenvalue weighted by Gasteiger charge is -2.33. The highest BCUT2D eigenvalue weighted by atomic mass is 35.5. The van der Waals surface area contributed by atoms with Crippen molar-refractivity contribution in [2.24, 2.45) is 5.92 Å². The summed E-state index contributed by atoms with van der Waals surface area (Å²) < 4.78 is 10.5. The molecule has 4 nitrogen and oxygen atoms in total. The fourth-order valence-electron chi connectivity index (χ4n) is 2.78. The van der Waals surface area contributed by atoms with E-state index in [1.165, 1.54) is 0 Å². The Hall–Kier alpha value is -1.42. The van der Waals surface area contributed by atoms with Crippen LogP contribution in [0.15, 0.2) is 18.2 Å². The van der Waals surface area contributed by atoms with E-state index in [2.05, 4.69) is 0 Å². The summed E-state index contributed by atoms with van der Waals surface area (Å²) in [6.07, 6.45) is 3.15. The lowest BCUT2D eigenvalue weighted by atomic mass is 9.95. The molecule has 2 rings (SSSR count). The quantitative estimate of drug-likeness (QED) is 0.784. The third-order valence-corrected chi connectivity index (χ3v) is 4.18. The highest BCUT2D eigenvalue weighted by Crippen LogP contribution is 2.28. The van der Waals surface area contributed by atoms with Crippen LogP contribution in [0.25, 0.3) is 0 Å². The van der Waals surface area contributed by atoms with E-state index >= 15 is 0 Å². The van der Waals surface area contributed by atoms with Crippen LogP contribution in [0, 0.1) is 5.92 Å². The molecule has 1 unspecified atom stereocenters. The zero-order valence-corrected chi connectivity index (χ0v) is 13.4. The number of benzene rings is 1. The summed E-state index contributed by atoms with van der Waals surface area (Å²) in [7, 11) is 3.16. The predicted molar refractivity (Wildman–Crippen MR) is 83.5 cm³/mol. The van der Waals surface area contributed by atoms with Gasteiger partial charge in [0, 0.05) is 25.0 Å². The minimum atomic E-state index is 0.0220. The van der Waals surface area contributed by atoms with Crippen LogP contribution in [0.2, 0.25) is 0 Å². The van der Waals surface area contributed by atoms with Crippen molar-refractivity contribution in [2.45, 2.75) is 19.3 Å². The summed E-state index contributed by atoms with van der Waals surface area (Å²) in [5.41, 5.74) is 0.588. The second-order valence-electron chi connectivity index (χ2n) is 5.30. The smallest absolute Gasteiger partial charge is 0.257 e. The maximum Gasteiger partial charge on any atom is 0.257 e. The number of ether oxygens (including phenoxy) is 2. The molecule has 1 atom stereocenters. The van der Waals surface area contributed by atoms with Crippen LogP contribution in [0.5, 0.6) is 11.5 Å². The van der Waals surface area contributed by atoms with Crippen molar-refractivity contribution in [2.75, 3.05) is 33.2 Å². The fraction of sp³-hybridized carbons (Fsp3) is 0.562. The van der Waals surface area contributed by atoms with Crippen LogP contribution in [-0.4, -0.2) is 44.0 Å². The van der Waals surface area contributed by atoms with E-state index in [4.69, 9.17) is 21.1 Å². The summed E-state index contributed by atoms with van der Waals surface area (Å²) in [5, 5.41) is 0. The largest absolute Gasteiger partial charge is 0.497 e. The van der Waals surface area contributed by atoms with E-state index in [0.29, 0.717) is 28.9 Å². The Morgan fingerprint density at radius 2 is 2.19 bits per heavy atom. The molecule has 21 heavy (non-hydrogen) atoms. The van der Waals surface area contributed by atoms with E-state index in [9.17, 15) is 4.79 Å². The molecule has 116 valence electrons. The molecule has 1 amide bonds. The number of piperidine rings is 1. The fourth-order valence-corrected chi connectivity index (χ4v) is 3.09. The molecule has 1 saturated heterocycles. The Bertz CT molecular complexity index is 490. The second-order valence-corrected chi connectivity index (χ2v) is 5.68. The number of rotatable bonds is 5. The Labute approximate surface area is 131 Å². The Balaban J connectivity index is 2.15. The third-order valence-electron chi connectivity index (χ3n) is 3.96. The van der Waals surface area contributed by atoms with Crippen LogP contribution >= 0.6 is 11.6 Å². The van der Waals surface area contributed by atoms with Gasteiger partial charge in [-0.05, 0) is 37.3 Å². The molecule has 0 saturated carbocycles. The molecular weight excluding hydrogens is 290 g/mol. The van der Waals surface area contributed by atoms with Gasteiger partial charge in [0.05, 0.1) is 19.8 Å². The molecule has 0 aliphatic carbocycles. The van der Waals surface area contributed by atoms with Crippen molar-refractivity contribution >= 4 is 17.5 Å². The Kier molecular flexibility index (Phi) is 5.74. The summed E-state index contributed by atoms with van der Waals surface area (Å²) in [5.74, 6) is 2.41. The van der Waals surface area contributed by atoms with Gasteiger partial charge in [-0.3, -0.25) is 4.79 Å². The number of nitrogens with zero attached hydrogens (tertiary/aromatic N) is 1. The molecule has 0 radical (unpaired) electrons. The van der Waals surface area contributed by atoms with Crippen molar-refractivity contribution in [1.29, 1.82) is 0 Å². The summed E-state index contributed by atoms with van der Waals surface area (Å²) in [6, 6.07) is 5.30. The zero-order chi connectivity index (χ0) is 15.2. The van der Waals surface area contributed by atoms with Gasteiger partial charge in [0.2, 0.25) is 0 Å². The average Bonchev–Trinajstić information content (AvgIpc) is 2.54. The maximum absolute atomic E-state index is 12.7. The molecule has 1 heterocycles. The average molecular weight is 312 g/mol. The third kappa shape index (κ3) is 3.82. The molecule has 0 bridgehead atoms. The zero-order valence-electron chi connectivity index (χ0n) is 12.6. The first-order chi connectivity index (χ1) is 10.2. The molecule has 1 aliphatic rings. The van der Waals surface area contributed by atoms with Gasteiger partial charge in [0.15, 0.2) is 0 Å². The number of carbonyl (C=O) groups excluding carboxylic acids is 1. The van der Waals surface area contributed by atoms with Crippen LogP contribution in [0.4, 0.5) is 0 Å². The first-order valence-electron chi connectivity index (χ1n) is 7.26. The molecule has 1 aromatic rings. The van der Waals surface area contributed by atoms with E-state index < -0.39 is 0 Å². The number of alkyl halides is 1. The number of amides is 1. The summed E-state index contributed by atoms with van der Waals surface area (Å²) in [4.78, 5) is 14.6. The SMILES string of the molecule is COc1ccc(C(=O)N2CCCC(CCCl)C2)c(OC)c1. The van der Waals surface area contributed by atoms with Crippen LogP contribution < -0.4 is 9.47 Å². The normalized spacial score (nSPS) is 18.4. The monoisotopic (exact) mass is 311 g/mol. The van der Waals surface area contributed by atoms with Gasteiger partial charge in [-0.1, -0.05) is 0 Å². The highest BCUT2D eigenvalue weighted by Gasteiger charge is 2.26. The minimum Gasteiger partial charge on any atom is -0.497 e. The Morgan fingerprint density at radius 1 is 1.38 bits per heavy atom. The van der Waals surface area contributed by atoms with Gasteiger partial charge in [0.25, 0.3) is 5.91 Å². The van der Waals surface area contributed by atoms with Crippen LogP contribution in [0.1, 0.15) is 29.6 Å². The van der Waals surface area contributed by atoms with E-state index in [0.717, 1.165) is 32.4 Å². The Morgan fingerprint density at radius 3 is 2.86 bits per heavy atom. The number of carbonyl (C=O) groups is 1. The van der Waals surface area contributed by atoms with Crippen molar-refractivity contribution in [3.05, 3.63) is 23.8 Å². The summed E-state index contributed by atoms with van der Waals surface area (Å²) in [6.45, 7) is 1.58. The van der Waals surface area contributed by atoms with Gasteiger partial charge in [-0.15, -0.1) is 11.6 Å². The van der Waals surface area contributed by atoms with Gasteiger partial charge in [-0.2, -0.15) is 0 Å². The number of hydrogen-bond acceptors (Lipinski definition) is 3. The molecule has 1 fully saturated rings. The molecule has 5 heteroatoms. The second kappa shape index (κ2) is 7.55. The molecule has 0 N–H and O–H groups in total. The lowest BCUT2D eigenvalue weighted by Crippen LogP contribution is -2.40. The van der Waals surface area contributed by atoms with E-state index in [-0.39, 0.29) is 5.91 Å². The van der Waals surface area contributed by atoms with Gasteiger partial charge >= 0.3 is 0 Å². The van der Waals surface area contributed by atoms with Crippen LogP contribution in [-0.2, 0) is 0 Å². The first-order valence-corrected chi connectivity index (χ1v) is 7.80. The number of hydrogen-bond donors (Lipinski definition) is 0. The van der Waals surface area contributed by atoms with E-state index in [1.54, 1.807) is 32.4 Å². The van der Waals surface area contributed by atoms with Gasteiger partial charge in [0.1, 0.15) is 11.5 Å². The molecule has 1 aliphatic heterocycles. The topological polar surface area (TPSA) is 38.8 Å². The molecule has 0 aromatic heterocycles. The molecule has 1 aromatic carbocycles. The molecule has 0 spiro atoms. The van der Waals surface area contributed by atoms with Crippen molar-refractivity contribution in [3.8, 4) is 11.5 Å². The minimum absolute atomic E-state index is 0.0220. The van der Waals surface area contributed by atoms with Crippen LogP contribution in [0.3, 0.4) is 0 Å². The number of likely N-dealkylation sites (tertiary alicyclic amines) is 1. The summed E-state index contributed by atoms with van der Waals surface area (Å²) >= 11 is 5.82. The number of halogens is 1. The van der Waals surface area contributed by atoms with E-state index in [1.807, 2.05) is 4.90 Å². The molecular formula is C16H22ClNO3. The first kappa shape index (κ1) is 16.0. The number of methoxy groups -OCH3 is 2. The van der Waals surface area contributed by atoms with Gasteiger partial charge < -0.3 is 14.4 Å². The maximum atomic E-state index is 12.7.